The molecule has 0 fully saturated rings. The fraction of sp³-hybridized carbons (Fsp3) is 0.600. The molecule has 90 valence electrons. The van der Waals surface area contributed by atoms with Gasteiger partial charge in [-0.15, -0.1) is 0 Å². The number of nitrogens with two attached hydrogens (primary N) is 1. The molecule has 0 saturated heterocycles. The second-order valence-corrected chi connectivity index (χ2v) is 4.94. The highest BCUT2D eigenvalue weighted by atomic mass is 14.7. The van der Waals surface area contributed by atoms with Gasteiger partial charge in [-0.05, 0) is 30.7 Å². The van der Waals surface area contributed by atoms with Crippen LogP contribution in [-0.2, 0) is 6.42 Å². The molecule has 0 aliphatic heterocycles. The van der Waals surface area contributed by atoms with Gasteiger partial charge in [-0.3, -0.25) is 0 Å². The van der Waals surface area contributed by atoms with Crippen LogP contribution in [0.5, 0.6) is 0 Å². The lowest BCUT2D eigenvalue weighted by Gasteiger charge is -2.35. The Balaban J connectivity index is 2.73. The van der Waals surface area contributed by atoms with Gasteiger partial charge in [0.15, 0.2) is 0 Å². The highest BCUT2D eigenvalue weighted by Gasteiger charge is 2.29. The molecule has 1 heteroatoms. The average molecular weight is 219 g/mol. The molecule has 0 aliphatic carbocycles. The Kier molecular flexibility index (Phi) is 5.01. The molecule has 1 aromatic carbocycles. The van der Waals surface area contributed by atoms with Gasteiger partial charge in [0.1, 0.15) is 0 Å². The molecule has 0 aliphatic rings. The Labute approximate surface area is 100 Å². The van der Waals surface area contributed by atoms with E-state index in [-0.39, 0.29) is 5.54 Å². The van der Waals surface area contributed by atoms with Gasteiger partial charge in [-0.25, -0.2) is 0 Å². The van der Waals surface area contributed by atoms with Crippen molar-refractivity contribution >= 4 is 0 Å². The van der Waals surface area contributed by atoms with Crippen molar-refractivity contribution in [3.8, 4) is 0 Å². The number of hydrogen-bond acceptors (Lipinski definition) is 1. The lowest BCUT2D eigenvalue weighted by molar-refractivity contribution is 0.261. The van der Waals surface area contributed by atoms with Gasteiger partial charge >= 0.3 is 0 Å². The van der Waals surface area contributed by atoms with Crippen LogP contribution in [0.4, 0.5) is 0 Å². The first-order valence-corrected chi connectivity index (χ1v) is 6.45. The standard InChI is InChI=1S/C15H25N/c1-4-9-13(3)15(16,5-2)12-14-10-7-6-8-11-14/h6-8,10-11,13H,4-5,9,12,16H2,1-3H3. The average Bonchev–Trinajstić information content (AvgIpc) is 2.30. The highest BCUT2D eigenvalue weighted by Crippen LogP contribution is 2.26. The van der Waals surface area contributed by atoms with Gasteiger partial charge < -0.3 is 5.73 Å². The van der Waals surface area contributed by atoms with E-state index in [9.17, 15) is 0 Å². The molecule has 0 amide bonds. The molecule has 0 aromatic heterocycles. The zero-order chi connectivity index (χ0) is 12.0. The highest BCUT2D eigenvalue weighted by molar-refractivity contribution is 5.18. The van der Waals surface area contributed by atoms with Crippen LogP contribution >= 0.6 is 0 Å². The molecule has 0 radical (unpaired) electrons. The van der Waals surface area contributed by atoms with Crippen LogP contribution in [0.3, 0.4) is 0 Å². The topological polar surface area (TPSA) is 26.0 Å². The van der Waals surface area contributed by atoms with Crippen molar-refractivity contribution in [2.45, 2.75) is 52.0 Å². The second kappa shape index (κ2) is 6.05. The maximum absolute atomic E-state index is 6.56. The third kappa shape index (κ3) is 3.34. The van der Waals surface area contributed by atoms with Gasteiger partial charge in [0.2, 0.25) is 0 Å². The zero-order valence-corrected chi connectivity index (χ0v) is 10.9. The molecule has 1 nitrogen and oxygen atoms in total. The molecule has 0 heterocycles. The Bertz CT molecular complexity index is 294. The maximum atomic E-state index is 6.56. The van der Waals surface area contributed by atoms with E-state index in [2.05, 4.69) is 51.1 Å². The van der Waals surface area contributed by atoms with E-state index in [1.54, 1.807) is 0 Å². The molecular formula is C15H25N. The fourth-order valence-corrected chi connectivity index (χ4v) is 2.34. The van der Waals surface area contributed by atoms with Crippen molar-refractivity contribution in [2.75, 3.05) is 0 Å². The summed E-state index contributed by atoms with van der Waals surface area (Å²) >= 11 is 0. The van der Waals surface area contributed by atoms with E-state index in [0.717, 1.165) is 12.8 Å². The first kappa shape index (κ1) is 13.2. The normalized spacial score (nSPS) is 16.8. The van der Waals surface area contributed by atoms with Crippen molar-refractivity contribution in [1.82, 2.24) is 0 Å². The Hall–Kier alpha value is -0.820. The first-order valence-electron chi connectivity index (χ1n) is 6.45. The predicted octanol–water partition coefficient (Wildman–Crippen LogP) is 3.77. The second-order valence-electron chi connectivity index (χ2n) is 4.94. The quantitative estimate of drug-likeness (QED) is 0.774. The summed E-state index contributed by atoms with van der Waals surface area (Å²) in [5, 5.41) is 0. The molecule has 2 atom stereocenters. The Morgan fingerprint density at radius 3 is 2.31 bits per heavy atom. The van der Waals surface area contributed by atoms with E-state index < -0.39 is 0 Å². The summed E-state index contributed by atoms with van der Waals surface area (Å²) in [6.07, 6.45) is 4.47. The molecule has 2 N–H and O–H groups in total. The maximum Gasteiger partial charge on any atom is 0.0218 e. The largest absolute Gasteiger partial charge is 0.325 e. The summed E-state index contributed by atoms with van der Waals surface area (Å²) in [5.41, 5.74) is 7.87. The van der Waals surface area contributed by atoms with Crippen LogP contribution in [0.15, 0.2) is 30.3 Å². The summed E-state index contributed by atoms with van der Waals surface area (Å²) in [7, 11) is 0. The number of benzene rings is 1. The van der Waals surface area contributed by atoms with E-state index in [4.69, 9.17) is 5.73 Å². The third-order valence-electron chi connectivity index (χ3n) is 3.74. The van der Waals surface area contributed by atoms with Gasteiger partial charge in [-0.1, -0.05) is 57.5 Å². The number of rotatable bonds is 6. The fourth-order valence-electron chi connectivity index (χ4n) is 2.34. The Morgan fingerprint density at radius 1 is 1.19 bits per heavy atom. The van der Waals surface area contributed by atoms with Crippen molar-refractivity contribution in [3.63, 3.8) is 0 Å². The first-order chi connectivity index (χ1) is 7.62. The minimum absolute atomic E-state index is 0.0443. The lowest BCUT2D eigenvalue weighted by atomic mass is 9.77. The Morgan fingerprint density at radius 2 is 1.81 bits per heavy atom. The molecule has 1 aromatic rings. The van der Waals surface area contributed by atoms with Crippen LogP contribution < -0.4 is 5.73 Å². The molecule has 0 saturated carbocycles. The molecule has 16 heavy (non-hydrogen) atoms. The van der Waals surface area contributed by atoms with E-state index in [1.165, 1.54) is 18.4 Å². The predicted molar refractivity (Wildman–Crippen MR) is 71.4 cm³/mol. The van der Waals surface area contributed by atoms with Crippen LogP contribution in [-0.4, -0.2) is 5.54 Å². The summed E-state index contributed by atoms with van der Waals surface area (Å²) in [6.45, 7) is 6.72. The minimum Gasteiger partial charge on any atom is -0.325 e. The summed E-state index contributed by atoms with van der Waals surface area (Å²) in [6, 6.07) is 10.6. The van der Waals surface area contributed by atoms with Gasteiger partial charge in [0.25, 0.3) is 0 Å². The summed E-state index contributed by atoms with van der Waals surface area (Å²) in [5.74, 6) is 0.586. The summed E-state index contributed by atoms with van der Waals surface area (Å²) < 4.78 is 0. The van der Waals surface area contributed by atoms with Gasteiger partial charge in [-0.2, -0.15) is 0 Å². The summed E-state index contributed by atoms with van der Waals surface area (Å²) in [4.78, 5) is 0. The van der Waals surface area contributed by atoms with E-state index in [0.29, 0.717) is 5.92 Å². The van der Waals surface area contributed by atoms with E-state index in [1.807, 2.05) is 0 Å². The van der Waals surface area contributed by atoms with Crippen LogP contribution in [0.1, 0.15) is 45.6 Å². The third-order valence-corrected chi connectivity index (χ3v) is 3.74. The molecule has 1 rings (SSSR count). The molecule has 0 bridgehead atoms. The number of hydrogen-bond donors (Lipinski definition) is 1. The van der Waals surface area contributed by atoms with Gasteiger partial charge in [0, 0.05) is 5.54 Å². The molecular weight excluding hydrogens is 194 g/mol. The van der Waals surface area contributed by atoms with Crippen molar-refractivity contribution in [1.29, 1.82) is 0 Å². The monoisotopic (exact) mass is 219 g/mol. The zero-order valence-electron chi connectivity index (χ0n) is 10.9. The SMILES string of the molecule is CCCC(C)C(N)(CC)Cc1ccccc1. The van der Waals surface area contributed by atoms with E-state index >= 15 is 0 Å². The van der Waals surface area contributed by atoms with Crippen LogP contribution in [0.2, 0.25) is 0 Å². The van der Waals surface area contributed by atoms with Gasteiger partial charge in [0.05, 0.1) is 0 Å². The lowest BCUT2D eigenvalue weighted by Crippen LogP contribution is -2.47. The molecule has 2 unspecified atom stereocenters. The molecule has 0 spiro atoms. The van der Waals surface area contributed by atoms with Crippen molar-refractivity contribution < 1.29 is 0 Å². The van der Waals surface area contributed by atoms with Crippen molar-refractivity contribution in [3.05, 3.63) is 35.9 Å². The van der Waals surface area contributed by atoms with Crippen LogP contribution in [0.25, 0.3) is 0 Å². The van der Waals surface area contributed by atoms with Crippen molar-refractivity contribution in [2.24, 2.45) is 11.7 Å². The minimum atomic E-state index is -0.0443. The smallest absolute Gasteiger partial charge is 0.0218 e. The van der Waals surface area contributed by atoms with Crippen LogP contribution in [0, 0.1) is 5.92 Å².